The van der Waals surface area contributed by atoms with Crippen molar-refractivity contribution in [3.8, 4) is 0 Å². The minimum Gasteiger partial charge on any atom is -0.459 e. The molecule has 1 heterocycles. The van der Waals surface area contributed by atoms with Crippen molar-refractivity contribution in [2.45, 2.75) is 58.6 Å². The van der Waals surface area contributed by atoms with E-state index in [9.17, 15) is 19.2 Å². The molecule has 3 amide bonds. The zero-order valence-electron chi connectivity index (χ0n) is 25.8. The molecular formula is C35H38N4O7. The number of esters is 1. The van der Waals surface area contributed by atoms with E-state index in [0.29, 0.717) is 28.1 Å². The lowest BCUT2D eigenvalue weighted by Gasteiger charge is -2.30. The van der Waals surface area contributed by atoms with Crippen LogP contribution in [0.1, 0.15) is 42.7 Å². The fourth-order valence-electron chi connectivity index (χ4n) is 4.55. The summed E-state index contributed by atoms with van der Waals surface area (Å²) in [7, 11) is 0. The number of nitrogens with one attached hydrogen (secondary N) is 2. The summed E-state index contributed by atoms with van der Waals surface area (Å²) in [6.45, 7) is 3.40. The van der Waals surface area contributed by atoms with E-state index in [1.54, 1.807) is 55.5 Å². The van der Waals surface area contributed by atoms with Crippen molar-refractivity contribution in [2.24, 2.45) is 5.92 Å². The molecular weight excluding hydrogens is 588 g/mol. The molecule has 3 unspecified atom stereocenters. The quantitative estimate of drug-likeness (QED) is 0.137. The van der Waals surface area contributed by atoms with E-state index < -0.39 is 36.1 Å². The van der Waals surface area contributed by atoms with Crippen molar-refractivity contribution in [1.82, 2.24) is 20.2 Å². The van der Waals surface area contributed by atoms with Crippen LogP contribution in [0.4, 0.5) is 9.59 Å². The Morgan fingerprint density at radius 2 is 1.24 bits per heavy atom. The summed E-state index contributed by atoms with van der Waals surface area (Å²) in [5.41, 5.74) is 2.61. The van der Waals surface area contributed by atoms with Crippen LogP contribution in [0.5, 0.6) is 0 Å². The summed E-state index contributed by atoms with van der Waals surface area (Å²) < 4.78 is 16.6. The zero-order valence-corrected chi connectivity index (χ0v) is 25.8. The van der Waals surface area contributed by atoms with Gasteiger partial charge in [-0.2, -0.15) is 4.90 Å². The van der Waals surface area contributed by atoms with Crippen LogP contribution < -0.4 is 5.32 Å². The number of hydrogen-bond donors (Lipinski definition) is 2. The first kappa shape index (κ1) is 33.4. The predicted octanol–water partition coefficient (Wildman–Crippen LogP) is 5.57. The molecule has 0 saturated heterocycles. The third kappa shape index (κ3) is 9.78. The monoisotopic (exact) mass is 626 g/mol. The lowest BCUT2D eigenvalue weighted by Crippen LogP contribution is -2.57. The minimum absolute atomic E-state index is 0.0177. The molecule has 0 aliphatic carbocycles. The number of imide groups is 1. The SMILES string of the molecule is CCC(C)C(NC(=O)C(Cc1cnc[nH]1)N(C(=O)OCc1ccccc1)C(=O)OCc1ccccc1)C(=O)OCc1ccccc1. The summed E-state index contributed by atoms with van der Waals surface area (Å²) in [5.74, 6) is -1.75. The molecule has 240 valence electrons. The van der Waals surface area contributed by atoms with Gasteiger partial charge in [-0.3, -0.25) is 4.79 Å². The molecule has 0 bridgehead atoms. The largest absolute Gasteiger partial charge is 0.459 e. The predicted molar refractivity (Wildman–Crippen MR) is 169 cm³/mol. The molecule has 0 aliphatic heterocycles. The number of carbonyl (C=O) groups excluding carboxylic acids is 4. The van der Waals surface area contributed by atoms with E-state index in [0.717, 1.165) is 5.56 Å². The Morgan fingerprint density at radius 3 is 1.67 bits per heavy atom. The summed E-state index contributed by atoms with van der Waals surface area (Å²) in [4.78, 5) is 62.2. The third-order valence-corrected chi connectivity index (χ3v) is 7.37. The number of hydrogen-bond acceptors (Lipinski definition) is 8. The number of nitrogens with zero attached hydrogens (tertiary/aromatic N) is 2. The van der Waals surface area contributed by atoms with E-state index in [2.05, 4.69) is 15.3 Å². The van der Waals surface area contributed by atoms with Crippen LogP contribution in [-0.4, -0.2) is 51.0 Å². The summed E-state index contributed by atoms with van der Waals surface area (Å²) in [6, 6.07) is 24.5. The highest BCUT2D eigenvalue weighted by Gasteiger charge is 2.40. The van der Waals surface area contributed by atoms with Gasteiger partial charge in [-0.1, -0.05) is 111 Å². The van der Waals surface area contributed by atoms with Crippen LogP contribution in [-0.2, 0) is 50.0 Å². The van der Waals surface area contributed by atoms with Crippen molar-refractivity contribution in [3.63, 3.8) is 0 Å². The minimum atomic E-state index is -1.47. The zero-order chi connectivity index (χ0) is 32.7. The van der Waals surface area contributed by atoms with Crippen LogP contribution in [0, 0.1) is 5.92 Å². The second kappa shape index (κ2) is 17.1. The van der Waals surface area contributed by atoms with Gasteiger partial charge in [0.1, 0.15) is 31.9 Å². The molecule has 11 nitrogen and oxygen atoms in total. The van der Waals surface area contributed by atoms with Crippen molar-refractivity contribution >= 4 is 24.1 Å². The first-order valence-electron chi connectivity index (χ1n) is 15.0. The fraction of sp³-hybridized carbons (Fsp3) is 0.286. The summed E-state index contributed by atoms with van der Waals surface area (Å²) in [5, 5.41) is 2.75. The maximum Gasteiger partial charge on any atom is 0.420 e. The van der Waals surface area contributed by atoms with Gasteiger partial charge in [0.05, 0.1) is 6.33 Å². The second-order valence-corrected chi connectivity index (χ2v) is 10.7. The van der Waals surface area contributed by atoms with Gasteiger partial charge in [0.25, 0.3) is 0 Å². The van der Waals surface area contributed by atoms with Gasteiger partial charge in [0.2, 0.25) is 5.91 Å². The lowest BCUT2D eigenvalue weighted by molar-refractivity contribution is -0.151. The normalized spacial score (nSPS) is 12.7. The average molecular weight is 627 g/mol. The average Bonchev–Trinajstić information content (AvgIpc) is 3.61. The summed E-state index contributed by atoms with van der Waals surface area (Å²) >= 11 is 0. The number of benzene rings is 3. The molecule has 11 heteroatoms. The van der Waals surface area contributed by atoms with Gasteiger partial charge in [0, 0.05) is 18.3 Å². The Hall–Kier alpha value is -5.45. The van der Waals surface area contributed by atoms with Crippen LogP contribution in [0.25, 0.3) is 0 Å². The Labute approximate surface area is 267 Å². The molecule has 0 aliphatic rings. The van der Waals surface area contributed by atoms with Gasteiger partial charge in [-0.05, 0) is 22.6 Å². The van der Waals surface area contributed by atoms with Gasteiger partial charge >= 0.3 is 18.2 Å². The van der Waals surface area contributed by atoms with Gasteiger partial charge < -0.3 is 24.5 Å². The van der Waals surface area contributed by atoms with Crippen LogP contribution in [0.2, 0.25) is 0 Å². The molecule has 0 saturated carbocycles. The maximum absolute atomic E-state index is 14.1. The second-order valence-electron chi connectivity index (χ2n) is 10.7. The lowest BCUT2D eigenvalue weighted by atomic mass is 9.98. The van der Waals surface area contributed by atoms with Gasteiger partial charge in [-0.15, -0.1) is 0 Å². The number of rotatable bonds is 14. The summed E-state index contributed by atoms with van der Waals surface area (Å²) in [6.07, 6.45) is 1.10. The molecule has 46 heavy (non-hydrogen) atoms. The van der Waals surface area contributed by atoms with Gasteiger partial charge in [0.15, 0.2) is 0 Å². The Bertz CT molecular complexity index is 1480. The molecule has 3 aromatic carbocycles. The smallest absolute Gasteiger partial charge is 0.420 e. The van der Waals surface area contributed by atoms with E-state index in [-0.39, 0.29) is 32.2 Å². The topological polar surface area (TPSA) is 140 Å². The van der Waals surface area contributed by atoms with Crippen molar-refractivity contribution < 1.29 is 33.4 Å². The fourth-order valence-corrected chi connectivity index (χ4v) is 4.55. The van der Waals surface area contributed by atoms with Crippen LogP contribution in [0.15, 0.2) is 104 Å². The highest BCUT2D eigenvalue weighted by atomic mass is 16.6. The Morgan fingerprint density at radius 1 is 0.761 bits per heavy atom. The molecule has 4 rings (SSSR count). The number of ether oxygens (including phenoxy) is 3. The van der Waals surface area contributed by atoms with Gasteiger partial charge in [-0.25, -0.2) is 19.4 Å². The first-order chi connectivity index (χ1) is 22.4. The maximum atomic E-state index is 14.1. The molecule has 0 fully saturated rings. The number of carbonyl (C=O) groups is 4. The molecule has 4 aromatic rings. The van der Waals surface area contributed by atoms with Crippen molar-refractivity contribution in [3.05, 3.63) is 126 Å². The molecule has 3 atom stereocenters. The molecule has 1 aromatic heterocycles. The Balaban J connectivity index is 1.60. The third-order valence-electron chi connectivity index (χ3n) is 7.37. The van der Waals surface area contributed by atoms with Crippen molar-refractivity contribution in [2.75, 3.05) is 0 Å². The highest BCUT2D eigenvalue weighted by molar-refractivity contribution is 5.97. The van der Waals surface area contributed by atoms with E-state index in [1.165, 1.54) is 12.5 Å². The van der Waals surface area contributed by atoms with Crippen molar-refractivity contribution in [1.29, 1.82) is 0 Å². The number of aromatic amines is 1. The molecule has 0 spiro atoms. The number of aromatic nitrogens is 2. The van der Waals surface area contributed by atoms with E-state index in [1.807, 2.05) is 49.4 Å². The first-order valence-corrected chi connectivity index (χ1v) is 15.0. The number of H-pyrrole nitrogens is 1. The van der Waals surface area contributed by atoms with Crippen LogP contribution in [0.3, 0.4) is 0 Å². The van der Waals surface area contributed by atoms with Crippen LogP contribution >= 0.6 is 0 Å². The highest BCUT2D eigenvalue weighted by Crippen LogP contribution is 2.17. The Kier molecular flexibility index (Phi) is 12.5. The van der Waals surface area contributed by atoms with E-state index in [4.69, 9.17) is 14.2 Å². The molecule has 2 N–H and O–H groups in total. The van der Waals surface area contributed by atoms with E-state index >= 15 is 0 Å². The number of imidazole rings is 1. The molecule has 0 radical (unpaired) electrons. The standard InChI is InChI=1S/C35H38N4O7/c1-3-25(2)31(33(41)44-21-26-13-7-4-8-14-26)38-32(40)30(19-29-20-36-24-37-29)39(34(42)45-22-27-15-9-5-10-16-27)35(43)46-23-28-17-11-6-12-18-28/h4-18,20,24-25,30-31H,3,19,21-23H2,1-2H3,(H,36,37)(H,38,40). The number of amides is 3.